The first-order valence-corrected chi connectivity index (χ1v) is 5.13. The van der Waals surface area contributed by atoms with Crippen molar-refractivity contribution in [2.24, 2.45) is 0 Å². The molecule has 0 saturated heterocycles. The molecule has 0 spiro atoms. The topological polar surface area (TPSA) is 12.0 Å². The van der Waals surface area contributed by atoms with E-state index in [2.05, 4.69) is 5.32 Å². The molecular weight excluding hydrogens is 189 g/mol. The number of likely N-dealkylation sites (N-methyl/N-ethyl adjacent to an activating group) is 1. The van der Waals surface area contributed by atoms with Crippen LogP contribution in [-0.4, -0.2) is 7.05 Å². The lowest BCUT2D eigenvalue weighted by Gasteiger charge is -2.14. The molecule has 0 aliphatic carbocycles. The summed E-state index contributed by atoms with van der Waals surface area (Å²) in [4.78, 5) is 0. The van der Waals surface area contributed by atoms with E-state index in [0.29, 0.717) is 5.56 Å². The minimum Gasteiger partial charge on any atom is -0.310 e. The van der Waals surface area contributed by atoms with Crippen LogP contribution >= 0.6 is 0 Å². The van der Waals surface area contributed by atoms with Crippen LogP contribution in [0.3, 0.4) is 0 Å². The minimum absolute atomic E-state index is 0.0457. The number of benzene rings is 1. The van der Waals surface area contributed by atoms with E-state index in [-0.39, 0.29) is 11.9 Å². The van der Waals surface area contributed by atoms with Gasteiger partial charge in [0, 0.05) is 5.56 Å². The number of hydrogen-bond acceptors (Lipinski definition) is 1. The van der Waals surface area contributed by atoms with Gasteiger partial charge in [0.15, 0.2) is 0 Å². The molecule has 1 aromatic rings. The highest BCUT2D eigenvalue weighted by molar-refractivity contribution is 5.29. The Morgan fingerprint density at radius 1 is 1.40 bits per heavy atom. The van der Waals surface area contributed by atoms with Gasteiger partial charge in [-0.1, -0.05) is 23.8 Å². The predicted octanol–water partition coefficient (Wildman–Crippen LogP) is 3.36. The van der Waals surface area contributed by atoms with E-state index in [1.54, 1.807) is 6.07 Å². The molecule has 0 aliphatic rings. The summed E-state index contributed by atoms with van der Waals surface area (Å²) in [6, 6.07) is 5.29. The fourth-order valence-corrected chi connectivity index (χ4v) is 1.55. The third kappa shape index (κ3) is 3.17. The van der Waals surface area contributed by atoms with Crippen molar-refractivity contribution in [1.29, 1.82) is 0 Å². The van der Waals surface area contributed by atoms with Gasteiger partial charge >= 0.3 is 0 Å². The van der Waals surface area contributed by atoms with Crippen molar-refractivity contribution in [2.75, 3.05) is 7.05 Å². The number of aryl methyl sites for hydroxylation is 1. The summed E-state index contributed by atoms with van der Waals surface area (Å²) in [5.74, 6) is -0.146. The van der Waals surface area contributed by atoms with Gasteiger partial charge in [0.25, 0.3) is 0 Å². The molecule has 0 heterocycles. The van der Waals surface area contributed by atoms with E-state index in [4.69, 9.17) is 0 Å². The molecule has 1 aromatic carbocycles. The van der Waals surface area contributed by atoms with Crippen molar-refractivity contribution in [2.45, 2.75) is 26.8 Å². The van der Waals surface area contributed by atoms with Gasteiger partial charge < -0.3 is 5.32 Å². The first-order chi connectivity index (χ1) is 7.04. The average molecular weight is 207 g/mol. The zero-order valence-corrected chi connectivity index (χ0v) is 9.76. The molecule has 82 valence electrons. The SMILES string of the molecule is CNC(C=C(C)C)c1ccc(C)cc1F. The maximum atomic E-state index is 13.7. The Kier molecular flexibility index (Phi) is 4.04. The Balaban J connectivity index is 3.07. The van der Waals surface area contributed by atoms with Gasteiger partial charge in [-0.05, 0) is 39.4 Å². The fourth-order valence-electron chi connectivity index (χ4n) is 1.55. The lowest BCUT2D eigenvalue weighted by molar-refractivity contribution is 0.580. The van der Waals surface area contributed by atoms with Crippen LogP contribution in [0.25, 0.3) is 0 Å². The summed E-state index contributed by atoms with van der Waals surface area (Å²) in [6.45, 7) is 5.91. The largest absolute Gasteiger partial charge is 0.310 e. The van der Waals surface area contributed by atoms with E-state index < -0.39 is 0 Å². The Hall–Kier alpha value is -1.15. The summed E-state index contributed by atoms with van der Waals surface area (Å²) in [5.41, 5.74) is 2.82. The molecule has 0 aromatic heterocycles. The Labute approximate surface area is 91.0 Å². The zero-order valence-electron chi connectivity index (χ0n) is 9.76. The molecule has 2 heteroatoms. The van der Waals surface area contributed by atoms with Crippen molar-refractivity contribution in [3.63, 3.8) is 0 Å². The van der Waals surface area contributed by atoms with E-state index in [9.17, 15) is 4.39 Å². The fraction of sp³-hybridized carbons (Fsp3) is 0.385. The molecule has 1 unspecified atom stereocenters. The third-order valence-electron chi connectivity index (χ3n) is 2.30. The van der Waals surface area contributed by atoms with E-state index in [0.717, 1.165) is 5.56 Å². The highest BCUT2D eigenvalue weighted by Gasteiger charge is 2.10. The van der Waals surface area contributed by atoms with Crippen molar-refractivity contribution in [3.05, 3.63) is 46.8 Å². The van der Waals surface area contributed by atoms with Crippen molar-refractivity contribution < 1.29 is 4.39 Å². The van der Waals surface area contributed by atoms with Gasteiger partial charge in [0.1, 0.15) is 5.82 Å². The lowest BCUT2D eigenvalue weighted by Crippen LogP contribution is -2.15. The molecule has 15 heavy (non-hydrogen) atoms. The molecule has 1 rings (SSSR count). The van der Waals surface area contributed by atoms with Gasteiger partial charge in [0.05, 0.1) is 6.04 Å². The lowest BCUT2D eigenvalue weighted by atomic mass is 10.0. The summed E-state index contributed by atoms with van der Waals surface area (Å²) in [6.07, 6.45) is 2.02. The normalized spacial score (nSPS) is 12.3. The van der Waals surface area contributed by atoms with Crippen LogP contribution in [-0.2, 0) is 0 Å². The number of hydrogen-bond donors (Lipinski definition) is 1. The predicted molar refractivity (Wildman–Crippen MR) is 62.4 cm³/mol. The number of nitrogens with one attached hydrogen (secondary N) is 1. The van der Waals surface area contributed by atoms with E-state index in [1.807, 2.05) is 46.0 Å². The van der Waals surface area contributed by atoms with E-state index in [1.165, 1.54) is 5.57 Å². The molecule has 0 bridgehead atoms. The molecule has 0 radical (unpaired) electrons. The summed E-state index contributed by atoms with van der Waals surface area (Å²) < 4.78 is 13.7. The van der Waals surface area contributed by atoms with Crippen LogP contribution in [0.5, 0.6) is 0 Å². The van der Waals surface area contributed by atoms with Gasteiger partial charge in [-0.2, -0.15) is 0 Å². The molecule has 0 saturated carbocycles. The third-order valence-corrected chi connectivity index (χ3v) is 2.30. The molecule has 1 N–H and O–H groups in total. The van der Waals surface area contributed by atoms with Crippen LogP contribution < -0.4 is 5.32 Å². The summed E-state index contributed by atoms with van der Waals surface area (Å²) in [7, 11) is 1.84. The second-order valence-electron chi connectivity index (χ2n) is 4.04. The number of halogens is 1. The van der Waals surface area contributed by atoms with Crippen molar-refractivity contribution in [1.82, 2.24) is 5.32 Å². The van der Waals surface area contributed by atoms with Crippen LogP contribution in [0.15, 0.2) is 29.8 Å². The molecule has 1 nitrogen and oxygen atoms in total. The maximum Gasteiger partial charge on any atom is 0.128 e. The van der Waals surface area contributed by atoms with Gasteiger partial charge in [0.2, 0.25) is 0 Å². The number of rotatable bonds is 3. The van der Waals surface area contributed by atoms with Crippen molar-refractivity contribution in [3.8, 4) is 0 Å². The number of allylic oxidation sites excluding steroid dienone is 1. The van der Waals surface area contributed by atoms with Crippen LogP contribution in [0.1, 0.15) is 31.0 Å². The molecule has 1 atom stereocenters. The van der Waals surface area contributed by atoms with Gasteiger partial charge in [-0.25, -0.2) is 4.39 Å². The van der Waals surface area contributed by atoms with Crippen LogP contribution in [0, 0.1) is 12.7 Å². The maximum absolute atomic E-state index is 13.7. The Morgan fingerprint density at radius 3 is 2.53 bits per heavy atom. The van der Waals surface area contributed by atoms with Crippen LogP contribution in [0.4, 0.5) is 4.39 Å². The average Bonchev–Trinajstić information content (AvgIpc) is 2.14. The quantitative estimate of drug-likeness (QED) is 0.749. The Bertz CT molecular complexity index is 365. The van der Waals surface area contributed by atoms with Gasteiger partial charge in [-0.15, -0.1) is 0 Å². The van der Waals surface area contributed by atoms with Crippen molar-refractivity contribution >= 4 is 0 Å². The Morgan fingerprint density at radius 2 is 2.07 bits per heavy atom. The highest BCUT2D eigenvalue weighted by Crippen LogP contribution is 2.20. The van der Waals surface area contributed by atoms with Crippen LogP contribution in [0.2, 0.25) is 0 Å². The summed E-state index contributed by atoms with van der Waals surface area (Å²) >= 11 is 0. The second-order valence-corrected chi connectivity index (χ2v) is 4.04. The summed E-state index contributed by atoms with van der Waals surface area (Å²) in [5, 5.41) is 3.09. The first kappa shape index (κ1) is 11.9. The standard InChI is InChI=1S/C13H18FN/c1-9(2)7-13(15-4)11-6-5-10(3)8-12(11)14/h5-8,13,15H,1-4H3. The molecule has 0 amide bonds. The molecule has 0 fully saturated rings. The van der Waals surface area contributed by atoms with Gasteiger partial charge in [-0.3, -0.25) is 0 Å². The smallest absolute Gasteiger partial charge is 0.128 e. The second kappa shape index (κ2) is 5.08. The monoisotopic (exact) mass is 207 g/mol. The zero-order chi connectivity index (χ0) is 11.4. The van der Waals surface area contributed by atoms with E-state index >= 15 is 0 Å². The molecular formula is C13H18FN. The minimum atomic E-state index is -0.146. The highest BCUT2D eigenvalue weighted by atomic mass is 19.1. The first-order valence-electron chi connectivity index (χ1n) is 5.13. The molecule has 0 aliphatic heterocycles.